The maximum absolute atomic E-state index is 13.1. The summed E-state index contributed by atoms with van der Waals surface area (Å²) in [5.41, 5.74) is 1.66. The van der Waals surface area contributed by atoms with Crippen molar-refractivity contribution >= 4 is 49.1 Å². The van der Waals surface area contributed by atoms with Crippen molar-refractivity contribution in [2.24, 2.45) is 4.99 Å². The van der Waals surface area contributed by atoms with E-state index in [1.54, 1.807) is 54.6 Å². The third-order valence-electron chi connectivity index (χ3n) is 5.38. The number of amides is 1. The van der Waals surface area contributed by atoms with Gasteiger partial charge in [-0.25, -0.2) is 13.2 Å². The quantitative estimate of drug-likeness (QED) is 0.253. The first-order valence-corrected chi connectivity index (χ1v) is 13.7. The lowest BCUT2D eigenvalue weighted by Crippen LogP contribution is -2.20. The molecule has 1 amide bonds. The molecule has 0 aliphatic rings. The normalized spacial score (nSPS) is 12.0. The van der Waals surface area contributed by atoms with Gasteiger partial charge in [0, 0.05) is 24.4 Å². The van der Waals surface area contributed by atoms with E-state index < -0.39 is 21.9 Å². The Bertz CT molecular complexity index is 1610. The van der Waals surface area contributed by atoms with Crippen LogP contribution in [0, 0.1) is 0 Å². The zero-order valence-electron chi connectivity index (χ0n) is 20.2. The van der Waals surface area contributed by atoms with Crippen molar-refractivity contribution in [3.05, 3.63) is 88.7 Å². The summed E-state index contributed by atoms with van der Waals surface area (Å²) in [5, 5.41) is 0. The van der Waals surface area contributed by atoms with Gasteiger partial charge in [-0.15, -0.1) is 0 Å². The molecule has 4 rings (SSSR count). The Labute approximate surface area is 218 Å². The lowest BCUT2D eigenvalue weighted by molar-refractivity contribution is 0.0600. The Morgan fingerprint density at radius 1 is 1.00 bits per heavy atom. The molecule has 3 aromatic carbocycles. The van der Waals surface area contributed by atoms with Crippen LogP contribution in [0.1, 0.15) is 27.6 Å². The highest BCUT2D eigenvalue weighted by molar-refractivity contribution is 7.92. The Morgan fingerprint density at radius 2 is 1.78 bits per heavy atom. The fourth-order valence-electron chi connectivity index (χ4n) is 3.60. The number of aromatic nitrogens is 1. The number of ether oxygens (including phenoxy) is 2. The van der Waals surface area contributed by atoms with Crippen LogP contribution in [0.25, 0.3) is 10.2 Å². The van der Waals surface area contributed by atoms with Crippen LogP contribution >= 0.6 is 11.3 Å². The monoisotopic (exact) mass is 539 g/mol. The van der Waals surface area contributed by atoms with Crippen LogP contribution in [0.2, 0.25) is 0 Å². The SMILES string of the molecule is CCOCCn1c(=NC(=O)c2cccc(NS(=O)(=O)c3ccccc3)c2)sc2cc(C(=O)OC)ccc21. The van der Waals surface area contributed by atoms with Gasteiger partial charge >= 0.3 is 5.97 Å². The summed E-state index contributed by atoms with van der Waals surface area (Å²) >= 11 is 1.26. The van der Waals surface area contributed by atoms with Gasteiger partial charge in [-0.1, -0.05) is 35.6 Å². The van der Waals surface area contributed by atoms with Gasteiger partial charge in [0.1, 0.15) is 0 Å². The number of thiazole rings is 1. The number of rotatable bonds is 9. The first kappa shape index (κ1) is 26.3. The third kappa shape index (κ3) is 6.13. The number of esters is 1. The van der Waals surface area contributed by atoms with E-state index in [9.17, 15) is 18.0 Å². The lowest BCUT2D eigenvalue weighted by Gasteiger charge is -2.09. The highest BCUT2D eigenvalue weighted by atomic mass is 32.2. The second-order valence-electron chi connectivity index (χ2n) is 7.82. The van der Waals surface area contributed by atoms with Crippen LogP contribution in [0.15, 0.2) is 82.7 Å². The van der Waals surface area contributed by atoms with Gasteiger partial charge in [0.2, 0.25) is 0 Å². The van der Waals surface area contributed by atoms with E-state index in [4.69, 9.17) is 9.47 Å². The number of carbonyl (C=O) groups is 2. The summed E-state index contributed by atoms with van der Waals surface area (Å²) in [6.07, 6.45) is 0. The molecule has 0 unspecified atom stereocenters. The van der Waals surface area contributed by atoms with Crippen molar-refractivity contribution in [2.75, 3.05) is 25.0 Å². The number of sulfonamides is 1. The van der Waals surface area contributed by atoms with E-state index in [0.717, 1.165) is 10.2 Å². The Kier molecular flexibility index (Phi) is 8.17. The largest absolute Gasteiger partial charge is 0.465 e. The smallest absolute Gasteiger partial charge is 0.337 e. The van der Waals surface area contributed by atoms with E-state index in [2.05, 4.69) is 9.71 Å². The molecule has 1 N–H and O–H groups in total. The molecule has 192 valence electrons. The van der Waals surface area contributed by atoms with Crippen LogP contribution < -0.4 is 9.52 Å². The number of methoxy groups -OCH3 is 1. The van der Waals surface area contributed by atoms with Crippen LogP contribution in [0.3, 0.4) is 0 Å². The topological polar surface area (TPSA) is 116 Å². The highest BCUT2D eigenvalue weighted by Gasteiger charge is 2.16. The highest BCUT2D eigenvalue weighted by Crippen LogP contribution is 2.21. The minimum Gasteiger partial charge on any atom is -0.465 e. The molecule has 0 bridgehead atoms. The zero-order valence-corrected chi connectivity index (χ0v) is 21.8. The molecular weight excluding hydrogens is 514 g/mol. The number of anilines is 1. The Morgan fingerprint density at radius 3 is 2.51 bits per heavy atom. The molecule has 11 heteroatoms. The van der Waals surface area contributed by atoms with Crippen LogP contribution in [-0.2, 0) is 26.0 Å². The number of hydrogen-bond acceptors (Lipinski definition) is 7. The van der Waals surface area contributed by atoms with Crippen molar-refractivity contribution in [3.8, 4) is 0 Å². The maximum Gasteiger partial charge on any atom is 0.337 e. The number of nitrogens with one attached hydrogen (secondary N) is 1. The van der Waals surface area contributed by atoms with E-state index in [0.29, 0.717) is 30.1 Å². The third-order valence-corrected chi connectivity index (χ3v) is 7.82. The van der Waals surface area contributed by atoms with Crippen molar-refractivity contribution < 1.29 is 27.5 Å². The molecule has 0 spiro atoms. The van der Waals surface area contributed by atoms with Gasteiger partial charge in [-0.3, -0.25) is 9.52 Å². The van der Waals surface area contributed by atoms with Crippen molar-refractivity contribution in [1.29, 1.82) is 0 Å². The number of hydrogen-bond donors (Lipinski definition) is 1. The molecule has 0 radical (unpaired) electrons. The molecule has 0 saturated carbocycles. The molecule has 0 aliphatic carbocycles. The summed E-state index contributed by atoms with van der Waals surface area (Å²) in [6.45, 7) is 3.31. The first-order chi connectivity index (χ1) is 17.8. The molecular formula is C26H25N3O6S2. The Balaban J connectivity index is 1.69. The summed E-state index contributed by atoms with van der Waals surface area (Å²) < 4.78 is 40.8. The molecule has 9 nitrogen and oxygen atoms in total. The van der Waals surface area contributed by atoms with Gasteiger partial charge in [0.05, 0.1) is 34.4 Å². The van der Waals surface area contributed by atoms with E-state index in [1.165, 1.54) is 36.6 Å². The summed E-state index contributed by atoms with van der Waals surface area (Å²) in [4.78, 5) is 30.0. The van der Waals surface area contributed by atoms with Gasteiger partial charge in [-0.05, 0) is 55.5 Å². The molecule has 0 saturated heterocycles. The molecule has 0 fully saturated rings. The zero-order chi connectivity index (χ0) is 26.4. The molecule has 4 aromatic rings. The van der Waals surface area contributed by atoms with Gasteiger partial charge in [0.25, 0.3) is 15.9 Å². The summed E-state index contributed by atoms with van der Waals surface area (Å²) in [6, 6.07) is 19.3. The second kappa shape index (κ2) is 11.5. The number of fused-ring (bicyclic) bond motifs is 1. The van der Waals surface area contributed by atoms with E-state index in [-0.39, 0.29) is 16.1 Å². The van der Waals surface area contributed by atoms with E-state index in [1.807, 2.05) is 11.5 Å². The average Bonchev–Trinajstić information content (AvgIpc) is 3.24. The Hall–Kier alpha value is -3.80. The summed E-state index contributed by atoms with van der Waals surface area (Å²) in [5.74, 6) is -0.994. The van der Waals surface area contributed by atoms with Crippen molar-refractivity contribution in [1.82, 2.24) is 4.57 Å². The fraction of sp³-hybridized carbons (Fsp3) is 0.192. The molecule has 37 heavy (non-hydrogen) atoms. The second-order valence-corrected chi connectivity index (χ2v) is 10.5. The predicted molar refractivity (Wildman–Crippen MR) is 141 cm³/mol. The van der Waals surface area contributed by atoms with Crippen molar-refractivity contribution in [3.63, 3.8) is 0 Å². The minimum absolute atomic E-state index is 0.114. The summed E-state index contributed by atoms with van der Waals surface area (Å²) in [7, 11) is -2.49. The van der Waals surface area contributed by atoms with Gasteiger partial charge in [-0.2, -0.15) is 4.99 Å². The molecule has 0 atom stereocenters. The predicted octanol–water partition coefficient (Wildman–Crippen LogP) is 4.07. The first-order valence-electron chi connectivity index (χ1n) is 11.4. The number of nitrogens with zero attached hydrogens (tertiary/aromatic N) is 2. The maximum atomic E-state index is 13.1. The standard InChI is InChI=1S/C26H25N3O6S2/c1-3-35-15-14-29-22-13-12-19(25(31)34-2)17-23(22)36-26(29)27-24(30)18-8-7-9-20(16-18)28-37(32,33)21-10-5-4-6-11-21/h4-13,16-17,28H,3,14-15H2,1-2H3. The molecule has 1 aromatic heterocycles. The fourth-order valence-corrected chi connectivity index (χ4v) is 5.76. The van der Waals surface area contributed by atoms with Crippen molar-refractivity contribution in [2.45, 2.75) is 18.4 Å². The lowest BCUT2D eigenvalue weighted by atomic mass is 10.2. The minimum atomic E-state index is -3.81. The van der Waals surface area contributed by atoms with Gasteiger partial charge < -0.3 is 14.0 Å². The van der Waals surface area contributed by atoms with Crippen LogP contribution in [-0.4, -0.2) is 45.2 Å². The van der Waals surface area contributed by atoms with Gasteiger partial charge in [0.15, 0.2) is 4.80 Å². The van der Waals surface area contributed by atoms with E-state index >= 15 is 0 Å². The molecule has 1 heterocycles. The number of benzene rings is 3. The van der Waals surface area contributed by atoms with Crippen LogP contribution in [0.5, 0.6) is 0 Å². The average molecular weight is 540 g/mol. The number of carbonyl (C=O) groups excluding carboxylic acids is 2. The molecule has 0 aliphatic heterocycles. The van der Waals surface area contributed by atoms with Crippen LogP contribution in [0.4, 0.5) is 5.69 Å².